The van der Waals surface area contributed by atoms with Crippen molar-refractivity contribution in [3.63, 3.8) is 0 Å². The van der Waals surface area contributed by atoms with Gasteiger partial charge in [0.15, 0.2) is 0 Å². The van der Waals surface area contributed by atoms with Crippen molar-refractivity contribution in [1.82, 2.24) is 10.2 Å². The minimum atomic E-state index is -0.290. The number of carbonyl (C=O) groups is 2. The van der Waals surface area contributed by atoms with Crippen LogP contribution in [0.15, 0.2) is 48.5 Å². The van der Waals surface area contributed by atoms with E-state index in [1.165, 1.54) is 12.1 Å². The van der Waals surface area contributed by atoms with Crippen LogP contribution < -0.4 is 10.2 Å². The Balaban J connectivity index is 1.28. The molecule has 2 amide bonds. The number of rotatable bonds is 10. The van der Waals surface area contributed by atoms with Gasteiger partial charge in [0.25, 0.3) is 0 Å². The minimum Gasteiger partial charge on any atom is -0.378 e. The van der Waals surface area contributed by atoms with Gasteiger partial charge in [0, 0.05) is 39.4 Å². The lowest BCUT2D eigenvalue weighted by Crippen LogP contribution is -2.40. The van der Waals surface area contributed by atoms with E-state index in [-0.39, 0.29) is 30.8 Å². The van der Waals surface area contributed by atoms with E-state index in [9.17, 15) is 14.0 Å². The van der Waals surface area contributed by atoms with Gasteiger partial charge in [-0.3, -0.25) is 9.59 Å². The molecule has 0 radical (unpaired) electrons. The molecule has 6 nitrogen and oxygen atoms in total. The number of nitrogens with zero attached hydrogens (tertiary/aromatic N) is 2. The quantitative estimate of drug-likeness (QED) is 0.597. The molecule has 0 spiro atoms. The fraction of sp³-hybridized carbons (Fsp3) is 0.462. The van der Waals surface area contributed by atoms with Crippen LogP contribution in [0.25, 0.3) is 0 Å². The molecule has 0 saturated carbocycles. The van der Waals surface area contributed by atoms with E-state index in [0.29, 0.717) is 18.9 Å². The summed E-state index contributed by atoms with van der Waals surface area (Å²) in [6.07, 6.45) is 3.26. The summed E-state index contributed by atoms with van der Waals surface area (Å²) in [7, 11) is 4.00. The normalized spacial score (nSPS) is 14.2. The molecule has 1 N–H and O–H groups in total. The Morgan fingerprint density at radius 2 is 1.67 bits per heavy atom. The Morgan fingerprint density at radius 3 is 2.30 bits per heavy atom. The molecule has 0 unspecified atom stereocenters. The highest BCUT2D eigenvalue weighted by Gasteiger charge is 2.22. The van der Waals surface area contributed by atoms with Crippen molar-refractivity contribution < 1.29 is 18.7 Å². The zero-order valence-electron chi connectivity index (χ0n) is 19.6. The molecular formula is C26H34FN3O3. The third kappa shape index (κ3) is 8.17. The molecule has 0 aliphatic carbocycles. The Bertz CT molecular complexity index is 892. The van der Waals surface area contributed by atoms with Gasteiger partial charge in [-0.05, 0) is 60.6 Å². The van der Waals surface area contributed by atoms with Crippen LogP contribution in [0.2, 0.25) is 0 Å². The Morgan fingerprint density at radius 1 is 1.03 bits per heavy atom. The van der Waals surface area contributed by atoms with Crippen LogP contribution in [0.4, 0.5) is 10.1 Å². The molecule has 1 fully saturated rings. The van der Waals surface area contributed by atoms with Crippen molar-refractivity contribution in [2.75, 3.05) is 45.2 Å². The summed E-state index contributed by atoms with van der Waals surface area (Å²) in [5.74, 6) is 0.248. The number of hydrogen-bond acceptors (Lipinski definition) is 4. The van der Waals surface area contributed by atoms with Crippen molar-refractivity contribution >= 4 is 17.5 Å². The van der Waals surface area contributed by atoms with Gasteiger partial charge in [-0.1, -0.05) is 24.3 Å². The molecular weight excluding hydrogens is 421 g/mol. The highest BCUT2D eigenvalue weighted by Crippen LogP contribution is 2.21. The van der Waals surface area contributed by atoms with Gasteiger partial charge in [-0.2, -0.15) is 0 Å². The average molecular weight is 456 g/mol. The van der Waals surface area contributed by atoms with Crippen LogP contribution >= 0.6 is 0 Å². The van der Waals surface area contributed by atoms with Crippen LogP contribution in [-0.2, 0) is 27.4 Å². The van der Waals surface area contributed by atoms with Gasteiger partial charge in [-0.25, -0.2) is 4.39 Å². The second-order valence-electron chi connectivity index (χ2n) is 8.82. The lowest BCUT2D eigenvalue weighted by atomic mass is 9.93. The molecule has 1 heterocycles. The standard InChI is InChI=1S/C26H34FN3O3/c1-29(2)24-9-5-21(6-10-24)17-26(32)30-15-12-20(13-16-30)11-14-28-25(31)19-33-18-22-3-7-23(27)8-4-22/h3-10,20H,11-19H2,1-2H3,(H,28,31). The maximum absolute atomic E-state index is 12.9. The molecule has 0 bridgehead atoms. The lowest BCUT2D eigenvalue weighted by Gasteiger charge is -2.32. The van der Waals surface area contributed by atoms with E-state index in [2.05, 4.69) is 5.32 Å². The van der Waals surface area contributed by atoms with E-state index < -0.39 is 0 Å². The van der Waals surface area contributed by atoms with E-state index >= 15 is 0 Å². The average Bonchev–Trinajstić information content (AvgIpc) is 2.81. The van der Waals surface area contributed by atoms with Crippen LogP contribution in [0.5, 0.6) is 0 Å². The Labute approximate surface area is 195 Å². The maximum Gasteiger partial charge on any atom is 0.246 e. The van der Waals surface area contributed by atoms with Gasteiger partial charge in [-0.15, -0.1) is 0 Å². The SMILES string of the molecule is CN(C)c1ccc(CC(=O)N2CCC(CCNC(=O)COCc3ccc(F)cc3)CC2)cc1. The Kier molecular flexibility index (Phi) is 9.24. The number of benzene rings is 2. The number of likely N-dealkylation sites (tertiary alicyclic amines) is 1. The van der Waals surface area contributed by atoms with E-state index in [1.54, 1.807) is 12.1 Å². The molecule has 3 rings (SSSR count). The number of amides is 2. The molecule has 2 aromatic rings. The first-order valence-corrected chi connectivity index (χ1v) is 11.5. The van der Waals surface area contributed by atoms with Crippen molar-refractivity contribution in [3.8, 4) is 0 Å². The first-order chi connectivity index (χ1) is 15.9. The van der Waals surface area contributed by atoms with E-state index in [0.717, 1.165) is 49.2 Å². The van der Waals surface area contributed by atoms with Crippen LogP contribution in [-0.4, -0.2) is 57.1 Å². The minimum absolute atomic E-state index is 0.0140. The van der Waals surface area contributed by atoms with E-state index in [1.807, 2.05) is 48.2 Å². The zero-order valence-corrected chi connectivity index (χ0v) is 19.6. The lowest BCUT2D eigenvalue weighted by molar-refractivity contribution is -0.131. The molecule has 2 aromatic carbocycles. The molecule has 1 saturated heterocycles. The number of carbonyl (C=O) groups excluding carboxylic acids is 2. The van der Waals surface area contributed by atoms with Gasteiger partial charge in [0.05, 0.1) is 13.0 Å². The molecule has 178 valence electrons. The van der Waals surface area contributed by atoms with Crippen molar-refractivity contribution in [3.05, 3.63) is 65.5 Å². The summed E-state index contributed by atoms with van der Waals surface area (Å²) in [6, 6.07) is 14.2. The number of hydrogen-bond donors (Lipinski definition) is 1. The fourth-order valence-corrected chi connectivity index (χ4v) is 3.98. The second-order valence-corrected chi connectivity index (χ2v) is 8.82. The number of anilines is 1. The summed E-state index contributed by atoms with van der Waals surface area (Å²) >= 11 is 0. The smallest absolute Gasteiger partial charge is 0.246 e. The zero-order chi connectivity index (χ0) is 23.6. The molecule has 7 heteroatoms. The van der Waals surface area contributed by atoms with Gasteiger partial charge >= 0.3 is 0 Å². The predicted molar refractivity (Wildman–Crippen MR) is 127 cm³/mol. The van der Waals surface area contributed by atoms with Crippen molar-refractivity contribution in [2.24, 2.45) is 5.92 Å². The third-order valence-electron chi connectivity index (χ3n) is 6.07. The van der Waals surface area contributed by atoms with Gasteiger partial charge in [0.2, 0.25) is 11.8 Å². The fourth-order valence-electron chi connectivity index (χ4n) is 3.98. The number of piperidine rings is 1. The highest BCUT2D eigenvalue weighted by atomic mass is 19.1. The third-order valence-corrected chi connectivity index (χ3v) is 6.07. The molecule has 1 aliphatic rings. The predicted octanol–water partition coefficient (Wildman–Crippen LogP) is 3.40. The van der Waals surface area contributed by atoms with Crippen molar-refractivity contribution in [1.29, 1.82) is 0 Å². The largest absolute Gasteiger partial charge is 0.378 e. The van der Waals surface area contributed by atoms with Gasteiger partial charge in [0.1, 0.15) is 12.4 Å². The summed E-state index contributed by atoms with van der Waals surface area (Å²) in [5, 5.41) is 2.90. The van der Waals surface area contributed by atoms with Crippen LogP contribution in [0, 0.1) is 11.7 Å². The first-order valence-electron chi connectivity index (χ1n) is 11.5. The first kappa shape index (κ1) is 24.7. The summed E-state index contributed by atoms with van der Waals surface area (Å²) in [6.45, 7) is 2.41. The van der Waals surface area contributed by atoms with Crippen molar-refractivity contribution in [2.45, 2.75) is 32.3 Å². The van der Waals surface area contributed by atoms with Crippen LogP contribution in [0.1, 0.15) is 30.4 Å². The van der Waals surface area contributed by atoms with Gasteiger partial charge < -0.3 is 19.9 Å². The summed E-state index contributed by atoms with van der Waals surface area (Å²) in [4.78, 5) is 28.6. The molecule has 1 aliphatic heterocycles. The summed E-state index contributed by atoms with van der Waals surface area (Å²) in [5.41, 5.74) is 2.99. The second kappa shape index (κ2) is 12.3. The topological polar surface area (TPSA) is 61.9 Å². The van der Waals surface area contributed by atoms with Crippen LogP contribution in [0.3, 0.4) is 0 Å². The monoisotopic (exact) mass is 455 g/mol. The summed E-state index contributed by atoms with van der Waals surface area (Å²) < 4.78 is 18.3. The van der Waals surface area contributed by atoms with E-state index in [4.69, 9.17) is 4.74 Å². The molecule has 0 atom stereocenters. The molecule has 0 aromatic heterocycles. The molecule has 33 heavy (non-hydrogen) atoms. The highest BCUT2D eigenvalue weighted by molar-refractivity contribution is 5.79. The number of nitrogens with one attached hydrogen (secondary N) is 1. The number of halogens is 1. The number of ether oxygens (including phenoxy) is 1. The Hall–Kier alpha value is -2.93. The maximum atomic E-state index is 12.9.